The van der Waals surface area contributed by atoms with E-state index in [2.05, 4.69) is 32.9 Å². The van der Waals surface area contributed by atoms with Gasteiger partial charge in [-0.1, -0.05) is 39.0 Å². The molecule has 1 aliphatic carbocycles. The standard InChI is InChI=1S/C20H24O2/c1-12-9-16-17(13(2)18(12)22)20(5,11-19(16,3)4)14-7-6-8-15(21)10-14/h6-10,21-22H,11H2,1-5H3. The topological polar surface area (TPSA) is 40.5 Å². The second kappa shape index (κ2) is 4.52. The van der Waals surface area contributed by atoms with Crippen molar-refractivity contribution in [2.45, 2.75) is 51.9 Å². The Labute approximate surface area is 132 Å². The van der Waals surface area contributed by atoms with Gasteiger partial charge in [0, 0.05) is 5.41 Å². The predicted molar refractivity (Wildman–Crippen MR) is 89.8 cm³/mol. The first-order valence-corrected chi connectivity index (χ1v) is 7.80. The highest BCUT2D eigenvalue weighted by atomic mass is 16.3. The van der Waals surface area contributed by atoms with Gasteiger partial charge in [-0.05, 0) is 65.6 Å². The van der Waals surface area contributed by atoms with Gasteiger partial charge in [0.05, 0.1) is 0 Å². The summed E-state index contributed by atoms with van der Waals surface area (Å²) in [5.74, 6) is 0.682. The minimum absolute atomic E-state index is 0.0404. The summed E-state index contributed by atoms with van der Waals surface area (Å²) in [5.41, 5.74) is 5.37. The molecule has 2 N–H and O–H groups in total. The SMILES string of the molecule is Cc1cc2c(c(C)c1O)C(C)(c1cccc(O)c1)CC2(C)C. The van der Waals surface area contributed by atoms with Crippen molar-refractivity contribution in [1.29, 1.82) is 0 Å². The third-order valence-corrected chi connectivity index (χ3v) is 5.29. The molecule has 0 bridgehead atoms. The van der Waals surface area contributed by atoms with Gasteiger partial charge in [0.2, 0.25) is 0 Å². The number of aromatic hydroxyl groups is 2. The predicted octanol–water partition coefficient (Wildman–Crippen LogP) is 4.70. The van der Waals surface area contributed by atoms with Crippen LogP contribution in [-0.4, -0.2) is 10.2 Å². The van der Waals surface area contributed by atoms with Gasteiger partial charge in [-0.2, -0.15) is 0 Å². The van der Waals surface area contributed by atoms with Crippen molar-refractivity contribution in [2.24, 2.45) is 0 Å². The van der Waals surface area contributed by atoms with E-state index in [9.17, 15) is 10.2 Å². The Morgan fingerprint density at radius 2 is 1.68 bits per heavy atom. The molecule has 2 aromatic carbocycles. The normalized spacial score (nSPS) is 22.6. The lowest BCUT2D eigenvalue weighted by Gasteiger charge is -2.29. The summed E-state index contributed by atoms with van der Waals surface area (Å²) < 4.78 is 0. The smallest absolute Gasteiger partial charge is 0.121 e. The lowest BCUT2D eigenvalue weighted by atomic mass is 9.74. The van der Waals surface area contributed by atoms with Crippen molar-refractivity contribution < 1.29 is 10.2 Å². The molecule has 2 aromatic rings. The molecule has 1 aliphatic rings. The van der Waals surface area contributed by atoms with Crippen LogP contribution in [0.15, 0.2) is 30.3 Å². The Morgan fingerprint density at radius 1 is 1.00 bits per heavy atom. The maximum atomic E-state index is 10.4. The zero-order valence-corrected chi connectivity index (χ0v) is 14.0. The fraction of sp³-hybridized carbons (Fsp3) is 0.400. The molecule has 0 saturated heterocycles. The quantitative estimate of drug-likeness (QED) is 0.800. The molecule has 0 saturated carbocycles. The summed E-state index contributed by atoms with van der Waals surface area (Å²) in [6, 6.07) is 9.64. The van der Waals surface area contributed by atoms with Gasteiger partial charge in [-0.3, -0.25) is 0 Å². The number of fused-ring (bicyclic) bond motifs is 1. The Kier molecular flexibility index (Phi) is 3.07. The average Bonchev–Trinajstić information content (AvgIpc) is 2.64. The first kappa shape index (κ1) is 15.0. The summed E-state index contributed by atoms with van der Waals surface area (Å²) in [6.45, 7) is 10.7. The maximum Gasteiger partial charge on any atom is 0.121 e. The fourth-order valence-electron chi connectivity index (χ4n) is 4.38. The first-order chi connectivity index (χ1) is 10.2. The highest BCUT2D eigenvalue weighted by Gasteiger charge is 2.47. The van der Waals surface area contributed by atoms with Gasteiger partial charge >= 0.3 is 0 Å². The van der Waals surface area contributed by atoms with Gasteiger partial charge in [-0.15, -0.1) is 0 Å². The number of aryl methyl sites for hydroxylation is 1. The van der Waals surface area contributed by atoms with E-state index < -0.39 is 0 Å². The summed E-state index contributed by atoms with van der Waals surface area (Å²) >= 11 is 0. The molecule has 2 nitrogen and oxygen atoms in total. The molecule has 0 heterocycles. The van der Waals surface area contributed by atoms with E-state index in [1.807, 2.05) is 26.0 Å². The van der Waals surface area contributed by atoms with Crippen molar-refractivity contribution in [3.05, 3.63) is 58.1 Å². The number of rotatable bonds is 1. The molecule has 116 valence electrons. The Bertz CT molecular complexity index is 759. The molecule has 1 atom stereocenters. The minimum atomic E-state index is -0.202. The number of phenolic OH excluding ortho intramolecular Hbond substituents is 2. The third-order valence-electron chi connectivity index (χ3n) is 5.29. The van der Waals surface area contributed by atoms with Crippen LogP contribution < -0.4 is 0 Å². The molecule has 0 aliphatic heterocycles. The van der Waals surface area contributed by atoms with E-state index in [4.69, 9.17) is 0 Å². The van der Waals surface area contributed by atoms with Crippen molar-refractivity contribution in [2.75, 3.05) is 0 Å². The summed E-state index contributed by atoms with van der Waals surface area (Å²) in [6.07, 6.45) is 0.961. The molecule has 2 heteroatoms. The van der Waals surface area contributed by atoms with Crippen molar-refractivity contribution in [1.82, 2.24) is 0 Å². The maximum absolute atomic E-state index is 10.4. The molecule has 0 spiro atoms. The first-order valence-electron chi connectivity index (χ1n) is 7.80. The van der Waals surface area contributed by atoms with E-state index >= 15 is 0 Å². The zero-order chi connectivity index (χ0) is 16.3. The van der Waals surface area contributed by atoms with Gasteiger partial charge in [0.15, 0.2) is 0 Å². The number of phenols is 2. The van der Waals surface area contributed by atoms with Crippen LogP contribution in [0.2, 0.25) is 0 Å². The van der Waals surface area contributed by atoms with E-state index in [1.165, 1.54) is 11.1 Å². The molecule has 0 fully saturated rings. The van der Waals surface area contributed by atoms with Crippen LogP contribution in [0.4, 0.5) is 0 Å². The Balaban J connectivity index is 2.34. The van der Waals surface area contributed by atoms with E-state index in [0.717, 1.165) is 23.1 Å². The number of hydrogen-bond acceptors (Lipinski definition) is 2. The van der Waals surface area contributed by atoms with Gasteiger partial charge < -0.3 is 10.2 Å². The number of benzene rings is 2. The molecule has 0 aromatic heterocycles. The minimum Gasteiger partial charge on any atom is -0.508 e. The van der Waals surface area contributed by atoms with Crippen molar-refractivity contribution >= 4 is 0 Å². The van der Waals surface area contributed by atoms with Gasteiger partial charge in [0.1, 0.15) is 11.5 Å². The molecular weight excluding hydrogens is 272 g/mol. The molecule has 22 heavy (non-hydrogen) atoms. The Morgan fingerprint density at radius 3 is 2.32 bits per heavy atom. The fourth-order valence-corrected chi connectivity index (χ4v) is 4.38. The molecule has 0 radical (unpaired) electrons. The largest absolute Gasteiger partial charge is 0.508 e. The monoisotopic (exact) mass is 296 g/mol. The van der Waals surface area contributed by atoms with Crippen LogP contribution >= 0.6 is 0 Å². The lowest BCUT2D eigenvalue weighted by molar-refractivity contribution is 0.420. The third kappa shape index (κ3) is 1.93. The highest BCUT2D eigenvalue weighted by Crippen LogP contribution is 2.55. The van der Waals surface area contributed by atoms with Crippen LogP contribution in [0.1, 0.15) is 55.0 Å². The zero-order valence-electron chi connectivity index (χ0n) is 14.0. The summed E-state index contributed by atoms with van der Waals surface area (Å²) in [7, 11) is 0. The second-order valence-corrected chi connectivity index (χ2v) is 7.53. The summed E-state index contributed by atoms with van der Waals surface area (Å²) in [4.78, 5) is 0. The number of hydrogen-bond donors (Lipinski definition) is 2. The molecule has 1 unspecified atom stereocenters. The molecule has 0 amide bonds. The van der Waals surface area contributed by atoms with Crippen LogP contribution in [0, 0.1) is 13.8 Å². The van der Waals surface area contributed by atoms with E-state index in [1.54, 1.807) is 6.07 Å². The highest BCUT2D eigenvalue weighted by molar-refractivity contribution is 5.61. The Hall–Kier alpha value is -1.96. The second-order valence-electron chi connectivity index (χ2n) is 7.53. The molecular formula is C20H24O2. The van der Waals surface area contributed by atoms with Crippen LogP contribution in [-0.2, 0) is 10.8 Å². The lowest BCUT2D eigenvalue weighted by Crippen LogP contribution is -2.24. The van der Waals surface area contributed by atoms with Crippen LogP contribution in [0.5, 0.6) is 11.5 Å². The van der Waals surface area contributed by atoms with Crippen LogP contribution in [0.25, 0.3) is 0 Å². The van der Waals surface area contributed by atoms with E-state index in [-0.39, 0.29) is 10.8 Å². The summed E-state index contributed by atoms with van der Waals surface area (Å²) in [5, 5.41) is 20.3. The van der Waals surface area contributed by atoms with Gasteiger partial charge in [0.25, 0.3) is 0 Å². The van der Waals surface area contributed by atoms with Crippen LogP contribution in [0.3, 0.4) is 0 Å². The van der Waals surface area contributed by atoms with Crippen molar-refractivity contribution in [3.8, 4) is 11.5 Å². The average molecular weight is 296 g/mol. The molecule has 3 rings (SSSR count). The van der Waals surface area contributed by atoms with Crippen molar-refractivity contribution in [3.63, 3.8) is 0 Å². The van der Waals surface area contributed by atoms with E-state index in [0.29, 0.717) is 11.5 Å². The van der Waals surface area contributed by atoms with Gasteiger partial charge in [-0.25, -0.2) is 0 Å².